The van der Waals surface area contributed by atoms with Crippen molar-refractivity contribution in [2.75, 3.05) is 19.6 Å². The van der Waals surface area contributed by atoms with Crippen molar-refractivity contribution in [2.24, 2.45) is 0 Å². The molecule has 0 atom stereocenters. The standard InChI is InChI=1S/C18H20N4O2/c23-17(19-10-9-18(24)22-11-3-4-12-22)8-7-14-13-20-15-5-1-2-6-16(15)21-14/h1-2,5-8,13H,3-4,9-12H2,(H,19,23)/b8-7+. The lowest BCUT2D eigenvalue weighted by atomic mass is 10.3. The molecule has 1 fully saturated rings. The van der Waals surface area contributed by atoms with Gasteiger partial charge >= 0.3 is 0 Å². The van der Waals surface area contributed by atoms with E-state index >= 15 is 0 Å². The van der Waals surface area contributed by atoms with E-state index in [4.69, 9.17) is 0 Å². The van der Waals surface area contributed by atoms with Crippen LogP contribution in [0.2, 0.25) is 0 Å². The van der Waals surface area contributed by atoms with Gasteiger partial charge in [-0.3, -0.25) is 14.6 Å². The third-order valence-electron chi connectivity index (χ3n) is 3.97. The van der Waals surface area contributed by atoms with E-state index in [2.05, 4.69) is 15.3 Å². The monoisotopic (exact) mass is 324 g/mol. The fourth-order valence-electron chi connectivity index (χ4n) is 2.69. The van der Waals surface area contributed by atoms with E-state index in [0.29, 0.717) is 18.7 Å². The molecule has 1 aliphatic rings. The van der Waals surface area contributed by atoms with Crippen LogP contribution in [0.5, 0.6) is 0 Å². The van der Waals surface area contributed by atoms with E-state index in [1.54, 1.807) is 12.3 Å². The second-order valence-corrected chi connectivity index (χ2v) is 5.75. The van der Waals surface area contributed by atoms with Crippen LogP contribution in [0.25, 0.3) is 17.1 Å². The smallest absolute Gasteiger partial charge is 0.244 e. The number of para-hydroxylation sites is 2. The normalized spacial score (nSPS) is 14.4. The van der Waals surface area contributed by atoms with Crippen molar-refractivity contribution < 1.29 is 9.59 Å². The third kappa shape index (κ3) is 4.16. The molecule has 1 N–H and O–H groups in total. The number of hydrogen-bond acceptors (Lipinski definition) is 4. The minimum Gasteiger partial charge on any atom is -0.352 e. The molecule has 1 aromatic heterocycles. The highest BCUT2D eigenvalue weighted by molar-refractivity contribution is 5.92. The number of nitrogens with zero attached hydrogens (tertiary/aromatic N) is 3. The number of benzene rings is 1. The van der Waals surface area contributed by atoms with Gasteiger partial charge in [0.25, 0.3) is 0 Å². The second-order valence-electron chi connectivity index (χ2n) is 5.75. The lowest BCUT2D eigenvalue weighted by molar-refractivity contribution is -0.130. The van der Waals surface area contributed by atoms with Crippen LogP contribution in [0.15, 0.2) is 36.5 Å². The summed E-state index contributed by atoms with van der Waals surface area (Å²) < 4.78 is 0. The first-order valence-electron chi connectivity index (χ1n) is 8.18. The van der Waals surface area contributed by atoms with Gasteiger partial charge in [0.2, 0.25) is 11.8 Å². The molecule has 1 aromatic carbocycles. The first-order chi connectivity index (χ1) is 11.7. The first-order valence-corrected chi connectivity index (χ1v) is 8.18. The number of fused-ring (bicyclic) bond motifs is 1. The number of hydrogen-bond donors (Lipinski definition) is 1. The number of amides is 2. The maximum atomic E-state index is 11.9. The summed E-state index contributed by atoms with van der Waals surface area (Å²) >= 11 is 0. The van der Waals surface area contributed by atoms with Crippen molar-refractivity contribution in [1.82, 2.24) is 20.2 Å². The average Bonchev–Trinajstić information content (AvgIpc) is 3.14. The molecule has 24 heavy (non-hydrogen) atoms. The number of rotatable bonds is 5. The third-order valence-corrected chi connectivity index (χ3v) is 3.97. The van der Waals surface area contributed by atoms with Crippen LogP contribution in [-0.2, 0) is 9.59 Å². The van der Waals surface area contributed by atoms with Crippen LogP contribution < -0.4 is 5.32 Å². The molecule has 1 aliphatic heterocycles. The predicted octanol–water partition coefficient (Wildman–Crippen LogP) is 1.77. The van der Waals surface area contributed by atoms with Gasteiger partial charge < -0.3 is 10.2 Å². The minimum atomic E-state index is -0.237. The Labute approximate surface area is 140 Å². The molecular weight excluding hydrogens is 304 g/mol. The number of carbonyl (C=O) groups is 2. The van der Waals surface area contributed by atoms with Gasteiger partial charge in [0.05, 0.1) is 22.9 Å². The highest BCUT2D eigenvalue weighted by atomic mass is 16.2. The Kier molecular flexibility index (Phi) is 5.15. The van der Waals surface area contributed by atoms with E-state index in [0.717, 1.165) is 37.0 Å². The molecule has 0 aliphatic carbocycles. The largest absolute Gasteiger partial charge is 0.352 e. The van der Waals surface area contributed by atoms with Gasteiger partial charge in [-0.1, -0.05) is 12.1 Å². The summed E-state index contributed by atoms with van der Waals surface area (Å²) in [6.07, 6.45) is 7.16. The molecule has 0 unspecified atom stereocenters. The van der Waals surface area contributed by atoms with Gasteiger partial charge in [0.15, 0.2) is 0 Å². The van der Waals surface area contributed by atoms with E-state index < -0.39 is 0 Å². The molecule has 0 bridgehead atoms. The van der Waals surface area contributed by atoms with E-state index in [1.165, 1.54) is 6.08 Å². The zero-order valence-electron chi connectivity index (χ0n) is 13.4. The van der Waals surface area contributed by atoms with E-state index in [1.807, 2.05) is 29.2 Å². The van der Waals surface area contributed by atoms with Crippen molar-refractivity contribution in [2.45, 2.75) is 19.3 Å². The number of aromatic nitrogens is 2. The lowest BCUT2D eigenvalue weighted by Gasteiger charge is -2.14. The van der Waals surface area contributed by atoms with Crippen molar-refractivity contribution in [3.63, 3.8) is 0 Å². The van der Waals surface area contributed by atoms with Crippen molar-refractivity contribution in [1.29, 1.82) is 0 Å². The molecule has 0 saturated carbocycles. The zero-order valence-corrected chi connectivity index (χ0v) is 13.4. The van der Waals surface area contributed by atoms with Crippen molar-refractivity contribution in [3.05, 3.63) is 42.2 Å². The quantitative estimate of drug-likeness (QED) is 0.851. The average molecular weight is 324 g/mol. The number of likely N-dealkylation sites (tertiary alicyclic amines) is 1. The second kappa shape index (κ2) is 7.68. The van der Waals surface area contributed by atoms with Crippen LogP contribution in [0, 0.1) is 0 Å². The Morgan fingerprint density at radius 2 is 1.92 bits per heavy atom. The van der Waals surface area contributed by atoms with Gasteiger partial charge in [-0.2, -0.15) is 0 Å². The molecular formula is C18H20N4O2. The lowest BCUT2D eigenvalue weighted by Crippen LogP contribution is -2.32. The van der Waals surface area contributed by atoms with Gasteiger partial charge in [-0.25, -0.2) is 4.98 Å². The molecule has 0 radical (unpaired) electrons. The SMILES string of the molecule is O=C(/C=C/c1cnc2ccccc2n1)NCCC(=O)N1CCCC1. The van der Waals surface area contributed by atoms with Crippen LogP contribution in [-0.4, -0.2) is 46.3 Å². The molecule has 2 amide bonds. The molecule has 124 valence electrons. The minimum absolute atomic E-state index is 0.108. The number of carbonyl (C=O) groups excluding carboxylic acids is 2. The summed E-state index contributed by atoms with van der Waals surface area (Å²) in [5.41, 5.74) is 2.23. The van der Waals surface area contributed by atoms with Crippen LogP contribution in [0.1, 0.15) is 25.0 Å². The topological polar surface area (TPSA) is 75.2 Å². The Bertz CT molecular complexity index is 766. The fourth-order valence-corrected chi connectivity index (χ4v) is 2.69. The molecule has 1 saturated heterocycles. The molecule has 2 heterocycles. The number of nitrogens with one attached hydrogen (secondary N) is 1. The molecule has 6 nitrogen and oxygen atoms in total. The summed E-state index contributed by atoms with van der Waals surface area (Å²) in [6, 6.07) is 7.57. The molecule has 2 aromatic rings. The zero-order chi connectivity index (χ0) is 16.8. The fraction of sp³-hybridized carbons (Fsp3) is 0.333. The highest BCUT2D eigenvalue weighted by Crippen LogP contribution is 2.09. The maximum absolute atomic E-state index is 11.9. The van der Waals surface area contributed by atoms with Crippen LogP contribution in [0.3, 0.4) is 0 Å². The Hall–Kier alpha value is -2.76. The summed E-state index contributed by atoms with van der Waals surface area (Å²) in [7, 11) is 0. The van der Waals surface area contributed by atoms with E-state index in [9.17, 15) is 9.59 Å². The van der Waals surface area contributed by atoms with Crippen molar-refractivity contribution in [3.8, 4) is 0 Å². The Morgan fingerprint density at radius 3 is 2.71 bits per heavy atom. The van der Waals surface area contributed by atoms with Gasteiger partial charge in [0.1, 0.15) is 0 Å². The van der Waals surface area contributed by atoms with Crippen LogP contribution >= 0.6 is 0 Å². The van der Waals surface area contributed by atoms with Gasteiger partial charge in [-0.05, 0) is 31.1 Å². The summed E-state index contributed by atoms with van der Waals surface area (Å²) in [5, 5.41) is 2.72. The van der Waals surface area contributed by atoms with Gasteiger partial charge in [0, 0.05) is 32.1 Å². The molecule has 0 spiro atoms. The van der Waals surface area contributed by atoms with Crippen molar-refractivity contribution >= 4 is 28.9 Å². The summed E-state index contributed by atoms with van der Waals surface area (Å²) in [4.78, 5) is 34.2. The Morgan fingerprint density at radius 1 is 1.17 bits per heavy atom. The first kappa shape index (κ1) is 16.1. The molecule has 3 rings (SSSR count). The summed E-state index contributed by atoms with van der Waals surface area (Å²) in [6.45, 7) is 2.03. The summed E-state index contributed by atoms with van der Waals surface area (Å²) in [5.74, 6) is -0.128. The Balaban J connectivity index is 1.48. The highest BCUT2D eigenvalue weighted by Gasteiger charge is 2.17. The van der Waals surface area contributed by atoms with E-state index in [-0.39, 0.29) is 11.8 Å². The predicted molar refractivity (Wildman–Crippen MR) is 92.0 cm³/mol. The van der Waals surface area contributed by atoms with Crippen LogP contribution in [0.4, 0.5) is 0 Å². The maximum Gasteiger partial charge on any atom is 0.244 e. The van der Waals surface area contributed by atoms with Gasteiger partial charge in [-0.15, -0.1) is 0 Å². The molecule has 6 heteroatoms.